The molecule has 0 amide bonds. The van der Waals surface area contributed by atoms with Gasteiger partial charge in [-0.3, -0.25) is 0 Å². The molecular formula is C19H21NO4S2. The van der Waals surface area contributed by atoms with E-state index in [1.165, 1.54) is 10.4 Å². The highest BCUT2D eigenvalue weighted by Crippen LogP contribution is 2.26. The molecule has 0 N–H and O–H groups in total. The van der Waals surface area contributed by atoms with Gasteiger partial charge in [-0.25, -0.2) is 16.8 Å². The fourth-order valence-electron chi connectivity index (χ4n) is 2.89. The van der Waals surface area contributed by atoms with Gasteiger partial charge >= 0.3 is 0 Å². The van der Waals surface area contributed by atoms with Crippen molar-refractivity contribution in [2.45, 2.75) is 31.3 Å². The standard InChI is InChI=1S/C19H21NO4S2/c1-15-8-9-19(12-16(15)2)26(23,24)20(13-17-6-4-3-5-7-17)18-10-11-25(21,22)14-18/h3-12,18H,13-14H2,1-2H3/t18-/m1/s1. The van der Waals surface area contributed by atoms with Crippen LogP contribution in [0.3, 0.4) is 0 Å². The van der Waals surface area contributed by atoms with E-state index in [0.717, 1.165) is 22.1 Å². The Morgan fingerprint density at radius 1 is 1.04 bits per heavy atom. The molecule has 0 fully saturated rings. The molecule has 1 heterocycles. The highest BCUT2D eigenvalue weighted by Gasteiger charge is 2.35. The monoisotopic (exact) mass is 391 g/mol. The van der Waals surface area contributed by atoms with E-state index in [4.69, 9.17) is 0 Å². The molecule has 1 aliphatic rings. The van der Waals surface area contributed by atoms with Crippen LogP contribution in [0.4, 0.5) is 0 Å². The topological polar surface area (TPSA) is 71.5 Å². The fraction of sp³-hybridized carbons (Fsp3) is 0.263. The van der Waals surface area contributed by atoms with E-state index in [2.05, 4.69) is 0 Å². The number of hydrogen-bond donors (Lipinski definition) is 0. The van der Waals surface area contributed by atoms with Gasteiger partial charge in [-0.15, -0.1) is 0 Å². The van der Waals surface area contributed by atoms with Crippen molar-refractivity contribution in [3.63, 3.8) is 0 Å². The molecule has 0 unspecified atom stereocenters. The van der Waals surface area contributed by atoms with Crippen LogP contribution in [0.2, 0.25) is 0 Å². The summed E-state index contributed by atoms with van der Waals surface area (Å²) in [5.74, 6) is -0.232. The van der Waals surface area contributed by atoms with Crippen LogP contribution in [-0.4, -0.2) is 32.9 Å². The van der Waals surface area contributed by atoms with Crippen LogP contribution in [0, 0.1) is 13.8 Å². The van der Waals surface area contributed by atoms with Crippen LogP contribution in [0.1, 0.15) is 16.7 Å². The normalized spacial score (nSPS) is 19.1. The van der Waals surface area contributed by atoms with Crippen molar-refractivity contribution in [3.05, 3.63) is 76.7 Å². The molecule has 3 rings (SSSR count). The molecule has 1 aliphatic heterocycles. The molecule has 138 valence electrons. The van der Waals surface area contributed by atoms with Crippen LogP contribution in [0.15, 0.2) is 64.9 Å². The zero-order valence-electron chi connectivity index (χ0n) is 14.7. The number of rotatable bonds is 5. The Kier molecular flexibility index (Phi) is 5.05. The first kappa shape index (κ1) is 18.8. The van der Waals surface area contributed by atoms with Crippen molar-refractivity contribution in [1.29, 1.82) is 0 Å². The minimum absolute atomic E-state index is 0.112. The number of aryl methyl sites for hydroxylation is 2. The van der Waals surface area contributed by atoms with E-state index in [9.17, 15) is 16.8 Å². The van der Waals surface area contributed by atoms with E-state index >= 15 is 0 Å². The molecule has 2 aromatic carbocycles. The summed E-state index contributed by atoms with van der Waals surface area (Å²) in [5, 5.41) is 1.10. The van der Waals surface area contributed by atoms with Crippen molar-refractivity contribution >= 4 is 19.9 Å². The Hall–Kier alpha value is -1.96. The summed E-state index contributed by atoms with van der Waals surface area (Å²) >= 11 is 0. The van der Waals surface area contributed by atoms with Crippen LogP contribution < -0.4 is 0 Å². The number of hydrogen-bond acceptors (Lipinski definition) is 4. The number of nitrogens with zero attached hydrogens (tertiary/aromatic N) is 1. The summed E-state index contributed by atoms with van der Waals surface area (Å²) in [6, 6.07) is 13.4. The van der Waals surface area contributed by atoms with Gasteiger partial charge in [0.05, 0.1) is 16.7 Å². The quantitative estimate of drug-likeness (QED) is 0.786. The second-order valence-electron chi connectivity index (χ2n) is 6.51. The molecule has 0 saturated heterocycles. The third kappa shape index (κ3) is 3.90. The molecule has 2 aromatic rings. The summed E-state index contributed by atoms with van der Waals surface area (Å²) in [6.07, 6.45) is 1.46. The van der Waals surface area contributed by atoms with Crippen LogP contribution in [0.25, 0.3) is 0 Å². The van der Waals surface area contributed by atoms with E-state index < -0.39 is 25.9 Å². The third-order valence-electron chi connectivity index (χ3n) is 4.55. The zero-order valence-corrected chi connectivity index (χ0v) is 16.3. The van der Waals surface area contributed by atoms with Crippen molar-refractivity contribution in [3.8, 4) is 0 Å². The van der Waals surface area contributed by atoms with Gasteiger partial charge in [0.15, 0.2) is 9.84 Å². The van der Waals surface area contributed by atoms with Gasteiger partial charge in [0.2, 0.25) is 10.0 Å². The first-order valence-electron chi connectivity index (χ1n) is 8.23. The molecule has 0 radical (unpaired) electrons. The molecule has 7 heteroatoms. The highest BCUT2D eigenvalue weighted by atomic mass is 32.2. The van der Waals surface area contributed by atoms with Crippen molar-refractivity contribution in [2.75, 3.05) is 5.75 Å². The van der Waals surface area contributed by atoms with Gasteiger partial charge in [0.1, 0.15) is 0 Å². The Balaban J connectivity index is 2.04. The van der Waals surface area contributed by atoms with Crippen LogP contribution >= 0.6 is 0 Å². The molecule has 0 spiro atoms. The second kappa shape index (κ2) is 6.98. The second-order valence-corrected chi connectivity index (χ2v) is 10.3. The van der Waals surface area contributed by atoms with Gasteiger partial charge in [0, 0.05) is 12.0 Å². The third-order valence-corrected chi connectivity index (χ3v) is 7.79. The fourth-order valence-corrected chi connectivity index (χ4v) is 5.94. The Bertz CT molecular complexity index is 1040. The lowest BCUT2D eigenvalue weighted by Crippen LogP contribution is -2.40. The summed E-state index contributed by atoms with van der Waals surface area (Å²) < 4.78 is 51.6. The Morgan fingerprint density at radius 2 is 1.73 bits per heavy atom. The van der Waals surface area contributed by atoms with E-state index in [1.807, 2.05) is 44.2 Å². The average Bonchev–Trinajstić information content (AvgIpc) is 2.95. The van der Waals surface area contributed by atoms with Gasteiger partial charge in [-0.05, 0) is 42.7 Å². The molecule has 0 saturated carbocycles. The van der Waals surface area contributed by atoms with Crippen molar-refractivity contribution in [2.24, 2.45) is 0 Å². The molecule has 1 atom stereocenters. The lowest BCUT2D eigenvalue weighted by atomic mass is 10.1. The first-order valence-corrected chi connectivity index (χ1v) is 11.4. The summed E-state index contributed by atoms with van der Waals surface area (Å²) in [7, 11) is -7.23. The summed E-state index contributed by atoms with van der Waals surface area (Å²) in [5.41, 5.74) is 2.68. The predicted octanol–water partition coefficient (Wildman–Crippen LogP) is 2.81. The van der Waals surface area contributed by atoms with E-state index in [-0.39, 0.29) is 17.2 Å². The molecule has 26 heavy (non-hydrogen) atoms. The lowest BCUT2D eigenvalue weighted by molar-refractivity contribution is 0.375. The van der Waals surface area contributed by atoms with Crippen LogP contribution in [-0.2, 0) is 26.4 Å². The smallest absolute Gasteiger partial charge is 0.224 e. The first-order chi connectivity index (χ1) is 12.2. The number of benzene rings is 2. The van der Waals surface area contributed by atoms with Gasteiger partial charge in [0.25, 0.3) is 0 Å². The Labute approximate surface area is 154 Å². The Morgan fingerprint density at radius 3 is 2.31 bits per heavy atom. The molecule has 0 bridgehead atoms. The maximum Gasteiger partial charge on any atom is 0.243 e. The maximum absolute atomic E-state index is 13.3. The van der Waals surface area contributed by atoms with Gasteiger partial charge < -0.3 is 0 Å². The summed E-state index contributed by atoms with van der Waals surface area (Å²) in [6.45, 7) is 3.89. The van der Waals surface area contributed by atoms with Gasteiger partial charge in [-0.1, -0.05) is 42.5 Å². The largest absolute Gasteiger partial charge is 0.243 e. The van der Waals surface area contributed by atoms with Gasteiger partial charge in [-0.2, -0.15) is 4.31 Å². The lowest BCUT2D eigenvalue weighted by Gasteiger charge is -2.27. The minimum atomic E-state index is -3.85. The molecule has 5 nitrogen and oxygen atoms in total. The molecule has 0 aliphatic carbocycles. The van der Waals surface area contributed by atoms with Crippen LogP contribution in [0.5, 0.6) is 0 Å². The number of sulfonamides is 1. The highest BCUT2D eigenvalue weighted by molar-refractivity contribution is 7.94. The number of sulfone groups is 1. The summed E-state index contributed by atoms with van der Waals surface area (Å²) in [4.78, 5) is 0.175. The molecule has 0 aromatic heterocycles. The SMILES string of the molecule is Cc1ccc(S(=O)(=O)N(Cc2ccccc2)[C@@H]2C=CS(=O)(=O)C2)cc1C. The predicted molar refractivity (Wildman–Crippen MR) is 102 cm³/mol. The zero-order chi connectivity index (χ0) is 18.9. The average molecular weight is 392 g/mol. The van der Waals surface area contributed by atoms with Crippen molar-refractivity contribution in [1.82, 2.24) is 4.31 Å². The van der Waals surface area contributed by atoms with E-state index in [0.29, 0.717) is 0 Å². The van der Waals surface area contributed by atoms with Crippen molar-refractivity contribution < 1.29 is 16.8 Å². The minimum Gasteiger partial charge on any atom is -0.224 e. The maximum atomic E-state index is 13.3. The van der Waals surface area contributed by atoms with E-state index in [1.54, 1.807) is 18.2 Å². The molecular weight excluding hydrogens is 370 g/mol.